The van der Waals surface area contributed by atoms with Gasteiger partial charge in [0.2, 0.25) is 0 Å². The SMILES string of the molecule is CNCCc1ccc(O)cc1.O=C1OC(=O)c2ccccc21. The minimum Gasteiger partial charge on any atom is -0.508 e. The van der Waals surface area contributed by atoms with Crippen LogP contribution in [0.2, 0.25) is 0 Å². The van der Waals surface area contributed by atoms with E-state index in [1.54, 1.807) is 36.4 Å². The Balaban J connectivity index is 0.000000160. The predicted molar refractivity (Wildman–Crippen MR) is 81.9 cm³/mol. The second kappa shape index (κ2) is 7.38. The van der Waals surface area contributed by atoms with E-state index in [0.29, 0.717) is 16.9 Å². The lowest BCUT2D eigenvalue weighted by Gasteiger charge is -1.99. The van der Waals surface area contributed by atoms with Gasteiger partial charge in [-0.1, -0.05) is 24.3 Å². The molecule has 1 aliphatic rings. The molecule has 2 aromatic rings. The molecule has 1 aliphatic heterocycles. The summed E-state index contributed by atoms with van der Waals surface area (Å²) in [4.78, 5) is 21.7. The van der Waals surface area contributed by atoms with Crippen LogP contribution >= 0.6 is 0 Å². The van der Waals surface area contributed by atoms with Crippen LogP contribution in [0.3, 0.4) is 0 Å². The summed E-state index contributed by atoms with van der Waals surface area (Å²) in [6.45, 7) is 0.977. The van der Waals surface area contributed by atoms with Crippen LogP contribution < -0.4 is 5.32 Å². The first-order chi connectivity index (χ1) is 10.6. The third-order valence-corrected chi connectivity index (χ3v) is 3.15. The summed E-state index contributed by atoms with van der Waals surface area (Å²) in [5.41, 5.74) is 1.96. The monoisotopic (exact) mass is 299 g/mol. The van der Waals surface area contributed by atoms with Gasteiger partial charge in [-0.05, 0) is 49.8 Å². The van der Waals surface area contributed by atoms with E-state index in [1.165, 1.54) is 5.56 Å². The van der Waals surface area contributed by atoms with Crippen LogP contribution in [0.15, 0.2) is 48.5 Å². The van der Waals surface area contributed by atoms with Gasteiger partial charge in [-0.3, -0.25) is 0 Å². The second-order valence-electron chi connectivity index (χ2n) is 4.74. The number of hydrogen-bond acceptors (Lipinski definition) is 5. The Morgan fingerprint density at radius 1 is 0.955 bits per heavy atom. The van der Waals surface area contributed by atoms with Crippen molar-refractivity contribution in [2.45, 2.75) is 6.42 Å². The van der Waals surface area contributed by atoms with Crippen LogP contribution in [0.1, 0.15) is 26.3 Å². The summed E-state index contributed by atoms with van der Waals surface area (Å²) < 4.78 is 4.35. The fraction of sp³-hybridized carbons (Fsp3) is 0.176. The van der Waals surface area contributed by atoms with E-state index in [0.717, 1.165) is 13.0 Å². The number of carbonyl (C=O) groups is 2. The lowest BCUT2D eigenvalue weighted by Crippen LogP contribution is -2.09. The second-order valence-corrected chi connectivity index (χ2v) is 4.74. The molecule has 0 amide bonds. The molecule has 0 saturated carbocycles. The van der Waals surface area contributed by atoms with E-state index >= 15 is 0 Å². The van der Waals surface area contributed by atoms with Crippen LogP contribution in [0, 0.1) is 0 Å². The molecule has 0 radical (unpaired) electrons. The highest BCUT2D eigenvalue weighted by Crippen LogP contribution is 2.18. The van der Waals surface area contributed by atoms with E-state index in [4.69, 9.17) is 5.11 Å². The Morgan fingerprint density at radius 2 is 1.50 bits per heavy atom. The van der Waals surface area contributed by atoms with Crippen LogP contribution in [0.4, 0.5) is 0 Å². The zero-order chi connectivity index (χ0) is 15.9. The highest BCUT2D eigenvalue weighted by Gasteiger charge is 2.28. The van der Waals surface area contributed by atoms with Gasteiger partial charge in [0.1, 0.15) is 5.75 Å². The number of esters is 2. The first-order valence-electron chi connectivity index (χ1n) is 6.90. The fourth-order valence-corrected chi connectivity index (χ4v) is 1.97. The number of likely N-dealkylation sites (N-methyl/N-ethyl adjacent to an activating group) is 1. The molecule has 5 heteroatoms. The summed E-state index contributed by atoms with van der Waals surface area (Å²) in [6, 6.07) is 13.8. The van der Waals surface area contributed by atoms with E-state index in [2.05, 4.69) is 10.1 Å². The lowest BCUT2D eigenvalue weighted by molar-refractivity contribution is 0.0444. The third-order valence-electron chi connectivity index (χ3n) is 3.15. The Kier molecular flexibility index (Phi) is 5.27. The first-order valence-corrected chi connectivity index (χ1v) is 6.90. The van der Waals surface area contributed by atoms with E-state index in [9.17, 15) is 9.59 Å². The Labute approximate surface area is 128 Å². The summed E-state index contributed by atoms with van der Waals surface area (Å²) >= 11 is 0. The smallest absolute Gasteiger partial charge is 0.346 e. The van der Waals surface area contributed by atoms with Crippen molar-refractivity contribution in [3.8, 4) is 5.75 Å². The van der Waals surface area contributed by atoms with Gasteiger partial charge in [0.05, 0.1) is 11.1 Å². The molecule has 0 bridgehead atoms. The summed E-state index contributed by atoms with van der Waals surface area (Å²) in [5.74, 6) is -0.769. The molecule has 22 heavy (non-hydrogen) atoms. The van der Waals surface area contributed by atoms with Crippen LogP contribution in [-0.4, -0.2) is 30.6 Å². The predicted octanol–water partition coefficient (Wildman–Crippen LogP) is 2.15. The maximum absolute atomic E-state index is 10.8. The first kappa shape index (κ1) is 15.7. The third kappa shape index (κ3) is 3.93. The zero-order valence-corrected chi connectivity index (χ0v) is 12.2. The Morgan fingerprint density at radius 3 is 2.00 bits per heavy atom. The largest absolute Gasteiger partial charge is 0.508 e. The number of ether oxygens (including phenoxy) is 1. The highest BCUT2D eigenvalue weighted by molar-refractivity contribution is 6.14. The standard InChI is InChI=1S/C9H13NO.C8H4O3/c1-10-7-6-8-2-4-9(11)5-3-8;9-7-5-3-1-2-4-6(5)8(10)11-7/h2-5,10-11H,6-7H2,1H3;1-4H. The highest BCUT2D eigenvalue weighted by atomic mass is 16.6. The van der Waals surface area contributed by atoms with Crippen molar-refractivity contribution in [3.05, 3.63) is 65.2 Å². The van der Waals surface area contributed by atoms with Crippen molar-refractivity contribution in [1.29, 1.82) is 0 Å². The van der Waals surface area contributed by atoms with Gasteiger partial charge in [-0.15, -0.1) is 0 Å². The fourth-order valence-electron chi connectivity index (χ4n) is 1.97. The number of phenols is 1. The van der Waals surface area contributed by atoms with Gasteiger partial charge in [-0.2, -0.15) is 0 Å². The maximum Gasteiger partial charge on any atom is 0.346 e. The minimum atomic E-state index is -0.550. The molecule has 1 heterocycles. The number of nitrogens with one attached hydrogen (secondary N) is 1. The topological polar surface area (TPSA) is 75.6 Å². The number of carbonyl (C=O) groups excluding carboxylic acids is 2. The lowest BCUT2D eigenvalue weighted by atomic mass is 10.1. The maximum atomic E-state index is 10.8. The molecule has 0 saturated heterocycles. The molecule has 5 nitrogen and oxygen atoms in total. The summed E-state index contributed by atoms with van der Waals surface area (Å²) in [5, 5.41) is 12.0. The molecule has 0 atom stereocenters. The van der Waals surface area contributed by atoms with E-state index in [-0.39, 0.29) is 0 Å². The van der Waals surface area contributed by atoms with Gasteiger partial charge in [0.25, 0.3) is 0 Å². The number of benzene rings is 2. The zero-order valence-electron chi connectivity index (χ0n) is 12.2. The Bertz CT molecular complexity index is 632. The molecule has 0 aromatic heterocycles. The normalized spacial score (nSPS) is 12.2. The number of aromatic hydroxyl groups is 1. The summed E-state index contributed by atoms with van der Waals surface area (Å²) in [6.07, 6.45) is 1.01. The minimum absolute atomic E-state index is 0.332. The molecular formula is C17H17NO4. The quantitative estimate of drug-likeness (QED) is 0.671. The molecule has 2 aromatic carbocycles. The number of rotatable bonds is 3. The van der Waals surface area contributed by atoms with E-state index < -0.39 is 11.9 Å². The van der Waals surface area contributed by atoms with Crippen molar-refractivity contribution in [2.24, 2.45) is 0 Å². The summed E-state index contributed by atoms with van der Waals surface area (Å²) in [7, 11) is 1.93. The van der Waals surface area contributed by atoms with Crippen molar-refractivity contribution < 1.29 is 19.4 Å². The van der Waals surface area contributed by atoms with Crippen molar-refractivity contribution >= 4 is 11.9 Å². The number of phenolic OH excluding ortho intramolecular Hbond substituents is 1. The van der Waals surface area contributed by atoms with Gasteiger partial charge in [0.15, 0.2) is 0 Å². The Hall–Kier alpha value is -2.66. The van der Waals surface area contributed by atoms with Gasteiger partial charge >= 0.3 is 11.9 Å². The molecule has 0 unspecified atom stereocenters. The average Bonchev–Trinajstić information content (AvgIpc) is 2.83. The average molecular weight is 299 g/mol. The molecular weight excluding hydrogens is 282 g/mol. The molecule has 2 N–H and O–H groups in total. The van der Waals surface area contributed by atoms with Crippen molar-refractivity contribution in [1.82, 2.24) is 5.32 Å². The molecule has 0 aliphatic carbocycles. The number of hydrogen-bond donors (Lipinski definition) is 2. The van der Waals surface area contributed by atoms with Crippen molar-refractivity contribution in [3.63, 3.8) is 0 Å². The van der Waals surface area contributed by atoms with Crippen molar-refractivity contribution in [2.75, 3.05) is 13.6 Å². The van der Waals surface area contributed by atoms with Gasteiger partial charge < -0.3 is 15.2 Å². The van der Waals surface area contributed by atoms with E-state index in [1.807, 2.05) is 19.2 Å². The van der Waals surface area contributed by atoms with Gasteiger partial charge in [0, 0.05) is 0 Å². The molecule has 114 valence electrons. The molecule has 3 rings (SSSR count). The number of cyclic esters (lactones) is 2. The van der Waals surface area contributed by atoms with Crippen LogP contribution in [0.5, 0.6) is 5.75 Å². The number of fused-ring (bicyclic) bond motifs is 1. The van der Waals surface area contributed by atoms with Crippen LogP contribution in [0.25, 0.3) is 0 Å². The van der Waals surface area contributed by atoms with Crippen LogP contribution in [-0.2, 0) is 11.2 Å². The van der Waals surface area contributed by atoms with Gasteiger partial charge in [-0.25, -0.2) is 9.59 Å². The molecule has 0 spiro atoms. The molecule has 0 fully saturated rings.